The average molecular weight is 510 g/mol. The number of rotatable bonds is 9. The lowest BCUT2D eigenvalue weighted by Gasteiger charge is -2.18. The fraction of sp³-hybridized carbons (Fsp3) is 0.364. The van der Waals surface area contributed by atoms with E-state index in [1.165, 1.54) is 12.5 Å². The van der Waals surface area contributed by atoms with Gasteiger partial charge in [0.2, 0.25) is 5.91 Å². The molecule has 0 saturated carbocycles. The van der Waals surface area contributed by atoms with Gasteiger partial charge in [-0.05, 0) is 37.5 Å². The van der Waals surface area contributed by atoms with Gasteiger partial charge in [0, 0.05) is 31.8 Å². The third kappa shape index (κ3) is 10.2. The predicted octanol–water partition coefficient (Wildman–Crippen LogP) is 3.83. The van der Waals surface area contributed by atoms with Crippen LogP contribution in [0.25, 0.3) is 0 Å². The van der Waals surface area contributed by atoms with Crippen LogP contribution in [-0.2, 0) is 11.2 Å². The van der Waals surface area contributed by atoms with E-state index >= 15 is 0 Å². The second-order valence-electron chi connectivity index (χ2n) is 6.63. The Balaban J connectivity index is 0.00000420. The van der Waals surface area contributed by atoms with E-state index in [1.807, 2.05) is 24.3 Å². The Kier molecular flexibility index (Phi) is 11.8. The van der Waals surface area contributed by atoms with Gasteiger partial charge >= 0.3 is 0 Å². The highest BCUT2D eigenvalue weighted by Gasteiger charge is 2.06. The first kappa shape index (κ1) is 24.7. The number of ether oxygens (including phenoxy) is 1. The zero-order chi connectivity index (χ0) is 20.2. The normalized spacial score (nSPS) is 11.8. The Bertz CT molecular complexity index is 768. The van der Waals surface area contributed by atoms with Crippen molar-refractivity contribution in [3.63, 3.8) is 0 Å². The number of anilines is 1. The van der Waals surface area contributed by atoms with Crippen LogP contribution in [0.5, 0.6) is 5.75 Å². The zero-order valence-corrected chi connectivity index (χ0v) is 19.6. The van der Waals surface area contributed by atoms with Crippen molar-refractivity contribution in [3.8, 4) is 5.75 Å². The van der Waals surface area contributed by atoms with Gasteiger partial charge in [-0.15, -0.1) is 24.0 Å². The molecule has 1 amide bonds. The molecule has 0 radical (unpaired) electrons. The molecule has 1 unspecified atom stereocenters. The average Bonchev–Trinajstić information content (AvgIpc) is 2.69. The van der Waals surface area contributed by atoms with E-state index in [4.69, 9.17) is 4.74 Å². The molecule has 1 atom stereocenters. The molecule has 0 fully saturated rings. The molecule has 158 valence electrons. The molecule has 0 spiro atoms. The SMILES string of the molecule is CN=C(NCCOc1cccc(NC(C)=O)c1)NC(C)CCc1ccccc1.I. The van der Waals surface area contributed by atoms with Crippen molar-refractivity contribution >= 4 is 41.5 Å². The van der Waals surface area contributed by atoms with E-state index in [0.29, 0.717) is 24.9 Å². The maximum absolute atomic E-state index is 11.1. The summed E-state index contributed by atoms with van der Waals surface area (Å²) in [6, 6.07) is 18.1. The lowest BCUT2D eigenvalue weighted by Crippen LogP contribution is -2.43. The Morgan fingerprint density at radius 2 is 1.90 bits per heavy atom. The van der Waals surface area contributed by atoms with Gasteiger partial charge < -0.3 is 20.7 Å². The first-order valence-corrected chi connectivity index (χ1v) is 9.58. The summed E-state index contributed by atoms with van der Waals surface area (Å²) in [6.07, 6.45) is 2.05. The molecule has 7 heteroatoms. The van der Waals surface area contributed by atoms with Crippen molar-refractivity contribution < 1.29 is 9.53 Å². The first-order valence-electron chi connectivity index (χ1n) is 9.58. The third-order valence-electron chi connectivity index (χ3n) is 4.13. The molecular weight excluding hydrogens is 479 g/mol. The lowest BCUT2D eigenvalue weighted by molar-refractivity contribution is -0.114. The van der Waals surface area contributed by atoms with Crippen molar-refractivity contribution in [2.75, 3.05) is 25.5 Å². The fourth-order valence-electron chi connectivity index (χ4n) is 2.73. The van der Waals surface area contributed by atoms with Crippen molar-refractivity contribution in [3.05, 3.63) is 60.2 Å². The smallest absolute Gasteiger partial charge is 0.221 e. The van der Waals surface area contributed by atoms with Crippen LogP contribution in [-0.4, -0.2) is 38.1 Å². The van der Waals surface area contributed by atoms with Gasteiger partial charge in [-0.1, -0.05) is 36.4 Å². The van der Waals surface area contributed by atoms with Gasteiger partial charge in [-0.3, -0.25) is 9.79 Å². The molecule has 0 aliphatic carbocycles. The number of aryl methyl sites for hydroxylation is 1. The summed E-state index contributed by atoms with van der Waals surface area (Å²) in [6.45, 7) is 4.74. The molecule has 2 aromatic rings. The quantitative estimate of drug-likeness (QED) is 0.208. The van der Waals surface area contributed by atoms with Crippen LogP contribution in [0.1, 0.15) is 25.8 Å². The van der Waals surface area contributed by atoms with Gasteiger partial charge in [-0.2, -0.15) is 0 Å². The standard InChI is InChI=1S/C22H30N4O2.HI/c1-17(12-13-19-8-5-4-6-9-19)25-22(23-3)24-14-15-28-21-11-7-10-20(16-21)26-18(2)27;/h4-11,16-17H,12-15H2,1-3H3,(H,26,27)(H2,23,24,25);1H. The number of nitrogens with one attached hydrogen (secondary N) is 3. The van der Waals surface area contributed by atoms with Crippen LogP contribution in [0.3, 0.4) is 0 Å². The van der Waals surface area contributed by atoms with E-state index in [-0.39, 0.29) is 29.9 Å². The highest BCUT2D eigenvalue weighted by Crippen LogP contribution is 2.17. The third-order valence-corrected chi connectivity index (χ3v) is 4.13. The number of carbonyl (C=O) groups excluding carboxylic acids is 1. The summed E-state index contributed by atoms with van der Waals surface area (Å²) in [7, 11) is 1.76. The van der Waals surface area contributed by atoms with Crippen LogP contribution in [0, 0.1) is 0 Å². The molecule has 3 N–H and O–H groups in total. The number of hydrogen-bond donors (Lipinski definition) is 3. The molecule has 29 heavy (non-hydrogen) atoms. The second kappa shape index (κ2) is 13.8. The summed E-state index contributed by atoms with van der Waals surface area (Å²) >= 11 is 0. The van der Waals surface area contributed by atoms with Crippen LogP contribution >= 0.6 is 24.0 Å². The maximum Gasteiger partial charge on any atom is 0.221 e. The molecule has 0 bridgehead atoms. The van der Waals surface area contributed by atoms with Crippen molar-refractivity contribution in [1.29, 1.82) is 0 Å². The Hall–Kier alpha value is -2.29. The first-order chi connectivity index (χ1) is 13.6. The lowest BCUT2D eigenvalue weighted by atomic mass is 10.1. The number of halogens is 1. The van der Waals surface area contributed by atoms with Gasteiger partial charge in [-0.25, -0.2) is 0 Å². The minimum atomic E-state index is -0.102. The summed E-state index contributed by atoms with van der Waals surface area (Å²) in [5.74, 6) is 1.37. The molecule has 0 aromatic heterocycles. The summed E-state index contributed by atoms with van der Waals surface area (Å²) in [4.78, 5) is 15.4. The number of hydrogen-bond acceptors (Lipinski definition) is 3. The molecule has 2 rings (SSSR count). The van der Waals surface area contributed by atoms with Crippen LogP contribution in [0.2, 0.25) is 0 Å². The molecule has 0 aliphatic rings. The van der Waals surface area contributed by atoms with Crippen LogP contribution in [0.15, 0.2) is 59.6 Å². The second-order valence-corrected chi connectivity index (χ2v) is 6.63. The summed E-state index contributed by atoms with van der Waals surface area (Å²) < 4.78 is 5.74. The van der Waals surface area contributed by atoms with Gasteiger partial charge in [0.05, 0.1) is 6.54 Å². The Morgan fingerprint density at radius 1 is 1.14 bits per heavy atom. The minimum absolute atomic E-state index is 0. The molecule has 6 nitrogen and oxygen atoms in total. The molecule has 0 aliphatic heterocycles. The number of benzene rings is 2. The molecule has 0 heterocycles. The largest absolute Gasteiger partial charge is 0.492 e. The summed E-state index contributed by atoms with van der Waals surface area (Å²) in [5, 5.41) is 9.41. The highest BCUT2D eigenvalue weighted by atomic mass is 127. The van der Waals surface area contributed by atoms with Crippen molar-refractivity contribution in [2.24, 2.45) is 4.99 Å². The number of aliphatic imine (C=N–C) groups is 1. The van der Waals surface area contributed by atoms with E-state index in [1.54, 1.807) is 13.1 Å². The topological polar surface area (TPSA) is 74.8 Å². The Morgan fingerprint density at radius 3 is 2.59 bits per heavy atom. The van der Waals surface area contributed by atoms with Crippen molar-refractivity contribution in [1.82, 2.24) is 10.6 Å². The minimum Gasteiger partial charge on any atom is -0.492 e. The number of guanidine groups is 1. The number of carbonyl (C=O) groups is 1. The van der Waals surface area contributed by atoms with Crippen LogP contribution < -0.4 is 20.7 Å². The highest BCUT2D eigenvalue weighted by molar-refractivity contribution is 14.0. The summed E-state index contributed by atoms with van der Waals surface area (Å²) in [5.41, 5.74) is 2.07. The number of nitrogens with zero attached hydrogens (tertiary/aromatic N) is 1. The molecule has 0 saturated heterocycles. The van der Waals surface area contributed by atoms with Gasteiger partial charge in [0.1, 0.15) is 12.4 Å². The van der Waals surface area contributed by atoms with E-state index in [9.17, 15) is 4.79 Å². The van der Waals surface area contributed by atoms with Gasteiger partial charge in [0.15, 0.2) is 5.96 Å². The monoisotopic (exact) mass is 510 g/mol. The van der Waals surface area contributed by atoms with E-state index < -0.39 is 0 Å². The van der Waals surface area contributed by atoms with Gasteiger partial charge in [0.25, 0.3) is 0 Å². The van der Waals surface area contributed by atoms with E-state index in [0.717, 1.165) is 24.5 Å². The van der Waals surface area contributed by atoms with E-state index in [2.05, 4.69) is 52.1 Å². The Labute approximate surface area is 190 Å². The molecular formula is C22H31IN4O2. The predicted molar refractivity (Wildman–Crippen MR) is 130 cm³/mol. The van der Waals surface area contributed by atoms with Crippen molar-refractivity contribution in [2.45, 2.75) is 32.7 Å². The zero-order valence-electron chi connectivity index (χ0n) is 17.3. The van der Waals surface area contributed by atoms with Crippen LogP contribution in [0.4, 0.5) is 5.69 Å². The molecule has 2 aromatic carbocycles. The maximum atomic E-state index is 11.1. The number of amides is 1. The fourth-order valence-corrected chi connectivity index (χ4v) is 2.73.